The molecule has 2 aromatic heterocycles. The second-order valence-corrected chi connectivity index (χ2v) is 3.97. The largest absolute Gasteiger partial charge is 0.461 e. The number of nitrogens with one attached hydrogen (secondary N) is 1. The summed E-state index contributed by atoms with van der Waals surface area (Å²) in [5, 5.41) is 3.75. The van der Waals surface area contributed by atoms with Gasteiger partial charge in [-0.3, -0.25) is 4.98 Å². The molecular formula is C13H17N3O2S. The summed E-state index contributed by atoms with van der Waals surface area (Å²) in [4.78, 5) is 19.6. The molecule has 0 radical (unpaired) electrons. The van der Waals surface area contributed by atoms with E-state index >= 15 is 0 Å². The first kappa shape index (κ1) is 15.1. The van der Waals surface area contributed by atoms with E-state index in [0.717, 1.165) is 5.69 Å². The number of esters is 1. The Morgan fingerprint density at radius 2 is 2.26 bits per heavy atom. The molecule has 0 saturated heterocycles. The normalized spacial score (nSPS) is 9.21. The Kier molecular flexibility index (Phi) is 6.52. The van der Waals surface area contributed by atoms with E-state index in [1.165, 1.54) is 11.3 Å². The van der Waals surface area contributed by atoms with Crippen molar-refractivity contribution in [2.45, 2.75) is 20.8 Å². The van der Waals surface area contributed by atoms with Gasteiger partial charge in [0.15, 0.2) is 5.69 Å². The van der Waals surface area contributed by atoms with Crippen molar-refractivity contribution in [3.8, 4) is 0 Å². The lowest BCUT2D eigenvalue weighted by Gasteiger charge is -2.04. The van der Waals surface area contributed by atoms with Crippen LogP contribution in [0.25, 0.3) is 0 Å². The molecule has 0 fully saturated rings. The van der Waals surface area contributed by atoms with Crippen molar-refractivity contribution in [3.05, 3.63) is 35.7 Å². The van der Waals surface area contributed by atoms with E-state index in [9.17, 15) is 4.79 Å². The summed E-state index contributed by atoms with van der Waals surface area (Å²) in [6.45, 7) is 6.10. The molecule has 2 aromatic rings. The van der Waals surface area contributed by atoms with Crippen molar-refractivity contribution in [1.29, 1.82) is 0 Å². The van der Waals surface area contributed by atoms with Crippen molar-refractivity contribution < 1.29 is 9.53 Å². The zero-order valence-corrected chi connectivity index (χ0v) is 12.0. The van der Waals surface area contributed by atoms with Gasteiger partial charge in [0.25, 0.3) is 0 Å². The number of aromatic nitrogens is 2. The van der Waals surface area contributed by atoms with Crippen LogP contribution in [0.4, 0.5) is 10.7 Å². The highest BCUT2D eigenvalue weighted by molar-refractivity contribution is 7.14. The third-order valence-electron chi connectivity index (χ3n) is 1.96. The predicted octanol–water partition coefficient (Wildman–Crippen LogP) is 3.48. The molecule has 6 heteroatoms. The first-order valence-electron chi connectivity index (χ1n) is 6.09. The monoisotopic (exact) mass is 279 g/mol. The average molecular weight is 279 g/mol. The molecule has 0 aliphatic rings. The van der Waals surface area contributed by atoms with Crippen LogP contribution in [0, 0.1) is 0 Å². The summed E-state index contributed by atoms with van der Waals surface area (Å²) in [6, 6.07) is 3.68. The zero-order chi connectivity index (χ0) is 14.1. The maximum absolute atomic E-state index is 11.6. The minimum atomic E-state index is -0.417. The van der Waals surface area contributed by atoms with Crippen molar-refractivity contribution in [2.24, 2.45) is 0 Å². The number of hydrogen-bond donors (Lipinski definition) is 1. The molecule has 102 valence electrons. The average Bonchev–Trinajstić information content (AvgIpc) is 2.91. The van der Waals surface area contributed by atoms with Gasteiger partial charge in [0, 0.05) is 6.20 Å². The SMILES string of the molecule is CC.CCOC(=O)c1ncsc1Nc1cccnc1. The summed E-state index contributed by atoms with van der Waals surface area (Å²) >= 11 is 1.35. The van der Waals surface area contributed by atoms with Gasteiger partial charge in [-0.15, -0.1) is 11.3 Å². The van der Waals surface area contributed by atoms with E-state index in [-0.39, 0.29) is 0 Å². The summed E-state index contributed by atoms with van der Waals surface area (Å²) in [7, 11) is 0. The summed E-state index contributed by atoms with van der Waals surface area (Å²) in [6.07, 6.45) is 3.36. The van der Waals surface area contributed by atoms with Crippen LogP contribution in [0.2, 0.25) is 0 Å². The molecule has 0 aliphatic heterocycles. The number of hydrogen-bond acceptors (Lipinski definition) is 6. The molecule has 2 rings (SSSR count). The number of rotatable bonds is 4. The summed E-state index contributed by atoms with van der Waals surface area (Å²) in [5.41, 5.74) is 2.72. The van der Waals surface area contributed by atoms with Crippen LogP contribution >= 0.6 is 11.3 Å². The Morgan fingerprint density at radius 3 is 2.89 bits per heavy atom. The van der Waals surface area contributed by atoms with E-state index in [2.05, 4.69) is 15.3 Å². The maximum atomic E-state index is 11.6. The fourth-order valence-corrected chi connectivity index (χ4v) is 1.94. The molecular weight excluding hydrogens is 262 g/mol. The second-order valence-electron chi connectivity index (χ2n) is 3.12. The van der Waals surface area contributed by atoms with E-state index < -0.39 is 5.97 Å². The van der Waals surface area contributed by atoms with E-state index in [0.29, 0.717) is 17.3 Å². The molecule has 0 unspecified atom stereocenters. The van der Waals surface area contributed by atoms with Gasteiger partial charge in [0.1, 0.15) is 5.00 Å². The van der Waals surface area contributed by atoms with Gasteiger partial charge in [-0.1, -0.05) is 13.8 Å². The fraction of sp³-hybridized carbons (Fsp3) is 0.308. The molecule has 0 spiro atoms. The van der Waals surface area contributed by atoms with Gasteiger partial charge >= 0.3 is 5.97 Å². The standard InChI is InChI=1S/C11H11N3O2S.C2H6/c1-2-16-11(15)9-10(17-7-13-9)14-8-4-3-5-12-6-8;1-2/h3-7,14H,2H2,1H3;1-2H3. The van der Waals surface area contributed by atoms with Crippen LogP contribution in [-0.2, 0) is 4.74 Å². The number of nitrogens with zero attached hydrogens (tertiary/aromatic N) is 2. The fourth-order valence-electron chi connectivity index (χ4n) is 1.25. The molecule has 19 heavy (non-hydrogen) atoms. The minimum Gasteiger partial charge on any atom is -0.461 e. The van der Waals surface area contributed by atoms with Crippen LogP contribution in [0.15, 0.2) is 30.0 Å². The Morgan fingerprint density at radius 1 is 1.47 bits per heavy atom. The van der Waals surface area contributed by atoms with E-state index in [1.54, 1.807) is 24.8 Å². The summed E-state index contributed by atoms with van der Waals surface area (Å²) in [5.74, 6) is -0.417. The molecule has 0 aliphatic carbocycles. The Hall–Kier alpha value is -1.95. The van der Waals surface area contributed by atoms with Gasteiger partial charge < -0.3 is 10.1 Å². The van der Waals surface area contributed by atoms with Crippen molar-refractivity contribution >= 4 is 28.0 Å². The van der Waals surface area contributed by atoms with Gasteiger partial charge in [0.05, 0.1) is 24.0 Å². The molecule has 0 bridgehead atoms. The van der Waals surface area contributed by atoms with Crippen LogP contribution in [0.3, 0.4) is 0 Å². The van der Waals surface area contributed by atoms with E-state index in [4.69, 9.17) is 4.74 Å². The van der Waals surface area contributed by atoms with Gasteiger partial charge in [-0.2, -0.15) is 0 Å². The number of carbonyl (C=O) groups is 1. The quantitative estimate of drug-likeness (QED) is 0.868. The molecule has 0 amide bonds. The smallest absolute Gasteiger partial charge is 0.360 e. The first-order valence-corrected chi connectivity index (χ1v) is 6.97. The van der Waals surface area contributed by atoms with Crippen LogP contribution in [-0.4, -0.2) is 22.5 Å². The highest BCUT2D eigenvalue weighted by Crippen LogP contribution is 2.24. The molecule has 1 N–H and O–H groups in total. The number of carbonyl (C=O) groups excluding carboxylic acids is 1. The van der Waals surface area contributed by atoms with Crippen molar-refractivity contribution in [2.75, 3.05) is 11.9 Å². The topological polar surface area (TPSA) is 64.1 Å². The lowest BCUT2D eigenvalue weighted by atomic mass is 10.4. The molecule has 5 nitrogen and oxygen atoms in total. The lowest BCUT2D eigenvalue weighted by Crippen LogP contribution is -2.07. The second kappa shape index (κ2) is 8.20. The lowest BCUT2D eigenvalue weighted by molar-refractivity contribution is 0.0521. The Balaban J connectivity index is 0.000000861. The van der Waals surface area contributed by atoms with Crippen LogP contribution < -0.4 is 5.32 Å². The Bertz CT molecular complexity index is 500. The highest BCUT2D eigenvalue weighted by Gasteiger charge is 2.15. The van der Waals surface area contributed by atoms with Crippen molar-refractivity contribution in [1.82, 2.24) is 9.97 Å². The highest BCUT2D eigenvalue weighted by atomic mass is 32.1. The predicted molar refractivity (Wildman–Crippen MR) is 76.9 cm³/mol. The number of thiazole rings is 1. The Labute approximate surface area is 116 Å². The van der Waals surface area contributed by atoms with Crippen LogP contribution in [0.5, 0.6) is 0 Å². The molecule has 0 atom stereocenters. The molecule has 0 aromatic carbocycles. The van der Waals surface area contributed by atoms with Gasteiger partial charge in [-0.05, 0) is 19.1 Å². The molecule has 2 heterocycles. The van der Waals surface area contributed by atoms with E-state index in [1.807, 2.05) is 26.0 Å². The first-order chi connectivity index (χ1) is 9.31. The zero-order valence-electron chi connectivity index (χ0n) is 11.2. The third kappa shape index (κ3) is 4.33. The summed E-state index contributed by atoms with van der Waals surface area (Å²) < 4.78 is 4.91. The van der Waals surface area contributed by atoms with Gasteiger partial charge in [0.2, 0.25) is 0 Å². The maximum Gasteiger partial charge on any atom is 0.360 e. The molecule has 0 saturated carbocycles. The number of ether oxygens (including phenoxy) is 1. The number of anilines is 2. The minimum absolute atomic E-state index is 0.306. The van der Waals surface area contributed by atoms with Gasteiger partial charge in [-0.25, -0.2) is 9.78 Å². The third-order valence-corrected chi connectivity index (χ3v) is 2.70. The van der Waals surface area contributed by atoms with Crippen molar-refractivity contribution in [3.63, 3.8) is 0 Å². The van der Waals surface area contributed by atoms with Crippen LogP contribution in [0.1, 0.15) is 31.3 Å². The number of pyridine rings is 1.